The summed E-state index contributed by atoms with van der Waals surface area (Å²) in [5.74, 6) is -0.196. The molecule has 1 aliphatic heterocycles. The fourth-order valence-electron chi connectivity index (χ4n) is 4.44. The Kier molecular flexibility index (Phi) is 8.41. The Morgan fingerprint density at radius 1 is 1.03 bits per heavy atom. The summed E-state index contributed by atoms with van der Waals surface area (Å²) in [6.45, 7) is 11.6. The van der Waals surface area contributed by atoms with Gasteiger partial charge < -0.3 is 9.64 Å². The standard InChI is InChI=1S/C26H34N4O4S2/c1-5-28(6-2)15-16-30(26-27-23-9-7-8-10-24(23)35-26)25(31)21-11-13-22(14-12-21)36(32,33)29-17-19(3)34-20(4)18-29/h7-14,19-20H,5-6,15-18H2,1-4H3. The van der Waals surface area contributed by atoms with E-state index >= 15 is 0 Å². The molecule has 2 heterocycles. The number of thiazole rings is 1. The van der Waals surface area contributed by atoms with Crippen LogP contribution in [0.15, 0.2) is 53.4 Å². The lowest BCUT2D eigenvalue weighted by Gasteiger charge is -2.34. The van der Waals surface area contributed by atoms with Gasteiger partial charge in [0.05, 0.1) is 27.3 Å². The van der Waals surface area contributed by atoms with E-state index in [0.717, 1.165) is 23.3 Å². The highest BCUT2D eigenvalue weighted by molar-refractivity contribution is 7.89. The number of likely N-dealkylation sites (N-methyl/N-ethyl adjacent to an activating group) is 1. The number of amides is 1. The molecule has 1 saturated heterocycles. The van der Waals surface area contributed by atoms with Gasteiger partial charge >= 0.3 is 0 Å². The number of sulfonamides is 1. The van der Waals surface area contributed by atoms with Crippen LogP contribution < -0.4 is 4.90 Å². The molecule has 0 saturated carbocycles. The van der Waals surface area contributed by atoms with Crippen molar-refractivity contribution in [1.82, 2.24) is 14.2 Å². The van der Waals surface area contributed by atoms with Crippen molar-refractivity contribution < 1.29 is 17.9 Å². The average molecular weight is 531 g/mol. The molecule has 1 aliphatic rings. The quantitative estimate of drug-likeness (QED) is 0.415. The maximum Gasteiger partial charge on any atom is 0.260 e. The van der Waals surface area contributed by atoms with Crippen LogP contribution >= 0.6 is 11.3 Å². The second-order valence-electron chi connectivity index (χ2n) is 9.05. The highest BCUT2D eigenvalue weighted by Crippen LogP contribution is 2.30. The molecule has 1 aromatic heterocycles. The Balaban J connectivity index is 1.59. The SMILES string of the molecule is CCN(CC)CCN(C(=O)c1ccc(S(=O)(=O)N2CC(C)OC(C)C2)cc1)c1nc2ccccc2s1. The number of morpholine rings is 1. The molecule has 8 nitrogen and oxygen atoms in total. The first-order valence-corrected chi connectivity index (χ1v) is 14.6. The summed E-state index contributed by atoms with van der Waals surface area (Å²) in [5.41, 5.74) is 1.28. The van der Waals surface area contributed by atoms with Gasteiger partial charge in [-0.1, -0.05) is 37.3 Å². The van der Waals surface area contributed by atoms with Crippen LogP contribution in [0, 0.1) is 0 Å². The zero-order valence-corrected chi connectivity index (χ0v) is 22.9. The lowest BCUT2D eigenvalue weighted by molar-refractivity contribution is -0.0440. The monoisotopic (exact) mass is 530 g/mol. The molecule has 2 atom stereocenters. The normalized spacial score (nSPS) is 19.1. The molecule has 0 radical (unpaired) electrons. The maximum atomic E-state index is 13.7. The first-order valence-electron chi connectivity index (χ1n) is 12.4. The van der Waals surface area contributed by atoms with Crippen molar-refractivity contribution in [1.29, 1.82) is 0 Å². The molecule has 2 unspecified atom stereocenters. The molecule has 194 valence electrons. The number of para-hydroxylation sites is 1. The number of fused-ring (bicyclic) bond motifs is 1. The van der Waals surface area contributed by atoms with Gasteiger partial charge in [0.1, 0.15) is 0 Å². The van der Waals surface area contributed by atoms with Crippen molar-refractivity contribution in [2.45, 2.75) is 44.8 Å². The molecule has 4 rings (SSSR count). The summed E-state index contributed by atoms with van der Waals surface area (Å²) < 4.78 is 34.6. The summed E-state index contributed by atoms with van der Waals surface area (Å²) in [4.78, 5) is 22.5. The van der Waals surface area contributed by atoms with E-state index in [-0.39, 0.29) is 23.0 Å². The van der Waals surface area contributed by atoms with E-state index in [1.807, 2.05) is 38.1 Å². The van der Waals surface area contributed by atoms with Crippen molar-refractivity contribution >= 4 is 42.6 Å². The molecule has 0 spiro atoms. The number of hydrogen-bond acceptors (Lipinski definition) is 7. The van der Waals surface area contributed by atoms with Crippen LogP contribution in [0.3, 0.4) is 0 Å². The van der Waals surface area contributed by atoms with Crippen molar-refractivity contribution in [3.63, 3.8) is 0 Å². The maximum absolute atomic E-state index is 13.7. The molecule has 3 aromatic rings. The predicted octanol–water partition coefficient (Wildman–Crippen LogP) is 4.08. The molecule has 2 aromatic carbocycles. The number of hydrogen-bond donors (Lipinski definition) is 0. The Labute approximate surface area is 217 Å². The van der Waals surface area contributed by atoms with Crippen LogP contribution in [0.5, 0.6) is 0 Å². The Hall–Kier alpha value is -2.37. The highest BCUT2D eigenvalue weighted by atomic mass is 32.2. The summed E-state index contributed by atoms with van der Waals surface area (Å²) in [6.07, 6.45) is -0.338. The number of aromatic nitrogens is 1. The number of anilines is 1. The minimum absolute atomic E-state index is 0.169. The number of benzene rings is 2. The zero-order valence-electron chi connectivity index (χ0n) is 21.3. The van der Waals surface area contributed by atoms with E-state index in [0.29, 0.717) is 36.9 Å². The van der Waals surface area contributed by atoms with Crippen LogP contribution in [0.25, 0.3) is 10.2 Å². The molecule has 36 heavy (non-hydrogen) atoms. The van der Waals surface area contributed by atoms with Gasteiger partial charge in [0.25, 0.3) is 5.91 Å². The summed E-state index contributed by atoms with van der Waals surface area (Å²) >= 11 is 1.48. The van der Waals surface area contributed by atoms with E-state index in [4.69, 9.17) is 9.72 Å². The van der Waals surface area contributed by atoms with E-state index in [2.05, 4.69) is 18.7 Å². The summed E-state index contributed by atoms with van der Waals surface area (Å²) in [7, 11) is -3.68. The van der Waals surface area contributed by atoms with Crippen LogP contribution in [0.2, 0.25) is 0 Å². The minimum Gasteiger partial charge on any atom is -0.373 e. The summed E-state index contributed by atoms with van der Waals surface area (Å²) in [5, 5.41) is 0.640. The van der Waals surface area contributed by atoms with Crippen LogP contribution in [-0.2, 0) is 14.8 Å². The van der Waals surface area contributed by atoms with Crippen molar-refractivity contribution in [2.24, 2.45) is 0 Å². The second kappa shape index (κ2) is 11.4. The fraction of sp³-hybridized carbons (Fsp3) is 0.462. The average Bonchev–Trinajstić information content (AvgIpc) is 3.30. The van der Waals surface area contributed by atoms with Gasteiger partial charge in [-0.2, -0.15) is 4.31 Å². The Bertz CT molecular complexity index is 1250. The molecular weight excluding hydrogens is 496 g/mol. The van der Waals surface area contributed by atoms with Crippen LogP contribution in [0.4, 0.5) is 5.13 Å². The molecule has 0 N–H and O–H groups in total. The van der Waals surface area contributed by atoms with E-state index in [1.165, 1.54) is 27.8 Å². The lowest BCUT2D eigenvalue weighted by atomic mass is 10.2. The number of carbonyl (C=O) groups is 1. The fourth-order valence-corrected chi connectivity index (χ4v) is 7.02. The van der Waals surface area contributed by atoms with Gasteiger partial charge in [0, 0.05) is 31.7 Å². The number of carbonyl (C=O) groups excluding carboxylic acids is 1. The first kappa shape index (κ1) is 26.7. The number of rotatable bonds is 9. The Morgan fingerprint density at radius 3 is 2.28 bits per heavy atom. The predicted molar refractivity (Wildman–Crippen MR) is 144 cm³/mol. The number of nitrogens with zero attached hydrogens (tertiary/aromatic N) is 4. The van der Waals surface area contributed by atoms with Gasteiger partial charge in [-0.15, -0.1) is 0 Å². The van der Waals surface area contributed by atoms with Gasteiger partial charge in [0.15, 0.2) is 5.13 Å². The van der Waals surface area contributed by atoms with Crippen molar-refractivity contribution in [3.05, 3.63) is 54.1 Å². The summed E-state index contributed by atoms with van der Waals surface area (Å²) in [6, 6.07) is 14.1. The molecular formula is C26H34N4O4S2. The van der Waals surface area contributed by atoms with Gasteiger partial charge in [-0.25, -0.2) is 13.4 Å². The van der Waals surface area contributed by atoms with Crippen LogP contribution in [-0.4, -0.2) is 80.0 Å². The smallest absolute Gasteiger partial charge is 0.260 e. The Morgan fingerprint density at radius 2 is 1.67 bits per heavy atom. The number of ether oxygens (including phenoxy) is 1. The minimum atomic E-state index is -3.68. The second-order valence-corrected chi connectivity index (χ2v) is 12.0. The van der Waals surface area contributed by atoms with E-state index in [9.17, 15) is 13.2 Å². The molecule has 1 amide bonds. The van der Waals surface area contributed by atoms with Crippen LogP contribution in [0.1, 0.15) is 38.1 Å². The lowest BCUT2D eigenvalue weighted by Crippen LogP contribution is -2.48. The first-order chi connectivity index (χ1) is 17.2. The largest absolute Gasteiger partial charge is 0.373 e. The third kappa shape index (κ3) is 5.78. The third-order valence-electron chi connectivity index (χ3n) is 6.42. The molecule has 1 fully saturated rings. The van der Waals surface area contributed by atoms with Gasteiger partial charge in [-0.3, -0.25) is 9.69 Å². The van der Waals surface area contributed by atoms with Crippen molar-refractivity contribution in [3.8, 4) is 0 Å². The zero-order chi connectivity index (χ0) is 25.9. The van der Waals surface area contributed by atoms with Gasteiger partial charge in [0.2, 0.25) is 10.0 Å². The van der Waals surface area contributed by atoms with E-state index < -0.39 is 10.0 Å². The molecule has 0 bridgehead atoms. The molecule has 10 heteroatoms. The van der Waals surface area contributed by atoms with Crippen molar-refractivity contribution in [2.75, 3.05) is 44.2 Å². The molecule has 0 aliphatic carbocycles. The highest BCUT2D eigenvalue weighted by Gasteiger charge is 2.32. The topological polar surface area (TPSA) is 83.1 Å². The third-order valence-corrected chi connectivity index (χ3v) is 9.32. The van der Waals surface area contributed by atoms with E-state index in [1.54, 1.807) is 17.0 Å². The van der Waals surface area contributed by atoms with Gasteiger partial charge in [-0.05, 0) is 63.3 Å².